The van der Waals surface area contributed by atoms with Gasteiger partial charge in [0.05, 0.1) is 6.42 Å². The summed E-state index contributed by atoms with van der Waals surface area (Å²) in [4.78, 5) is 13.5. The maximum Gasteiger partial charge on any atom is 0.227 e. The predicted octanol–water partition coefficient (Wildman–Crippen LogP) is 0.742. The molecule has 16 heavy (non-hydrogen) atoms. The number of likely N-dealkylation sites (N-methyl/N-ethyl adjacent to an activating group) is 1. The summed E-state index contributed by atoms with van der Waals surface area (Å²) in [5.41, 5.74) is 6.08. The van der Waals surface area contributed by atoms with Gasteiger partial charge in [0, 0.05) is 25.2 Å². The summed E-state index contributed by atoms with van der Waals surface area (Å²) in [6.45, 7) is 3.57. The third-order valence-electron chi connectivity index (χ3n) is 2.47. The van der Waals surface area contributed by atoms with Crippen molar-refractivity contribution >= 4 is 5.91 Å². The summed E-state index contributed by atoms with van der Waals surface area (Å²) >= 11 is 0. The van der Waals surface area contributed by atoms with Crippen molar-refractivity contribution in [3.05, 3.63) is 29.8 Å². The van der Waals surface area contributed by atoms with Gasteiger partial charge in [-0.25, -0.2) is 0 Å². The van der Waals surface area contributed by atoms with Crippen LogP contribution >= 0.6 is 0 Å². The smallest absolute Gasteiger partial charge is 0.227 e. The van der Waals surface area contributed by atoms with Crippen molar-refractivity contribution < 1.29 is 9.90 Å². The van der Waals surface area contributed by atoms with E-state index in [1.54, 1.807) is 23.1 Å². The maximum absolute atomic E-state index is 11.8. The Labute approximate surface area is 95.7 Å². The van der Waals surface area contributed by atoms with Gasteiger partial charge >= 0.3 is 0 Å². The quantitative estimate of drug-likeness (QED) is 0.772. The number of hydrogen-bond acceptors (Lipinski definition) is 3. The number of phenols is 1. The third kappa shape index (κ3) is 3.24. The number of nitrogens with two attached hydrogens (primary N) is 1. The topological polar surface area (TPSA) is 66.6 Å². The highest BCUT2D eigenvalue weighted by Crippen LogP contribution is 2.16. The van der Waals surface area contributed by atoms with Gasteiger partial charge in [-0.3, -0.25) is 4.79 Å². The van der Waals surface area contributed by atoms with Gasteiger partial charge in [-0.05, 0) is 13.0 Å². The molecular formula is C12H18N2O2. The second-order valence-corrected chi connectivity index (χ2v) is 3.57. The number of phenolic OH excluding ortho intramolecular Hbond substituents is 1. The molecule has 0 saturated heterocycles. The summed E-state index contributed by atoms with van der Waals surface area (Å²) in [7, 11) is 0. The zero-order valence-corrected chi connectivity index (χ0v) is 9.52. The maximum atomic E-state index is 11.8. The number of nitrogens with zero attached hydrogens (tertiary/aromatic N) is 1. The molecule has 0 bridgehead atoms. The van der Waals surface area contributed by atoms with Gasteiger partial charge in [-0.1, -0.05) is 18.2 Å². The van der Waals surface area contributed by atoms with Crippen molar-refractivity contribution in [2.24, 2.45) is 5.73 Å². The largest absolute Gasteiger partial charge is 0.508 e. The van der Waals surface area contributed by atoms with E-state index in [4.69, 9.17) is 5.73 Å². The Morgan fingerprint density at radius 2 is 2.12 bits per heavy atom. The number of carbonyl (C=O) groups is 1. The van der Waals surface area contributed by atoms with Crippen LogP contribution in [-0.2, 0) is 11.2 Å². The lowest BCUT2D eigenvalue weighted by Gasteiger charge is -2.20. The molecule has 1 rings (SSSR count). The van der Waals surface area contributed by atoms with Crippen LogP contribution < -0.4 is 5.73 Å². The Morgan fingerprint density at radius 3 is 2.69 bits per heavy atom. The lowest BCUT2D eigenvalue weighted by Crippen LogP contribution is -2.36. The number of aromatic hydroxyl groups is 1. The molecule has 1 amide bonds. The molecule has 88 valence electrons. The summed E-state index contributed by atoms with van der Waals surface area (Å²) in [5, 5.41) is 9.55. The van der Waals surface area contributed by atoms with Gasteiger partial charge in [0.1, 0.15) is 5.75 Å². The SMILES string of the molecule is CCN(CCN)C(=O)Cc1ccccc1O. The molecule has 0 aliphatic rings. The van der Waals surface area contributed by atoms with Crippen LogP contribution in [0.2, 0.25) is 0 Å². The fourth-order valence-electron chi connectivity index (χ4n) is 1.55. The van der Waals surface area contributed by atoms with Crippen LogP contribution in [0.5, 0.6) is 5.75 Å². The van der Waals surface area contributed by atoms with Crippen LogP contribution in [0.3, 0.4) is 0 Å². The van der Waals surface area contributed by atoms with Gasteiger partial charge < -0.3 is 15.7 Å². The van der Waals surface area contributed by atoms with Gasteiger partial charge in [0.2, 0.25) is 5.91 Å². The molecule has 0 radical (unpaired) electrons. The van der Waals surface area contributed by atoms with Crippen molar-refractivity contribution in [2.45, 2.75) is 13.3 Å². The highest BCUT2D eigenvalue weighted by molar-refractivity contribution is 5.79. The molecule has 3 N–H and O–H groups in total. The number of benzene rings is 1. The molecule has 0 unspecified atom stereocenters. The van der Waals surface area contributed by atoms with Crippen LogP contribution in [0.25, 0.3) is 0 Å². The molecule has 0 atom stereocenters. The summed E-state index contributed by atoms with van der Waals surface area (Å²) in [5.74, 6) is 0.161. The van der Waals surface area contributed by atoms with Gasteiger partial charge in [0.15, 0.2) is 0 Å². The monoisotopic (exact) mass is 222 g/mol. The minimum absolute atomic E-state index is 0.00514. The van der Waals surface area contributed by atoms with Crippen molar-refractivity contribution in [3.8, 4) is 5.75 Å². The summed E-state index contributed by atoms with van der Waals surface area (Å²) in [6.07, 6.45) is 0.223. The summed E-state index contributed by atoms with van der Waals surface area (Å²) in [6, 6.07) is 6.88. The van der Waals surface area contributed by atoms with Crippen LogP contribution in [0, 0.1) is 0 Å². The van der Waals surface area contributed by atoms with Crippen molar-refractivity contribution in [3.63, 3.8) is 0 Å². The fourth-order valence-corrected chi connectivity index (χ4v) is 1.55. The average Bonchev–Trinajstić information content (AvgIpc) is 2.29. The van der Waals surface area contributed by atoms with E-state index in [1.165, 1.54) is 0 Å². The lowest BCUT2D eigenvalue weighted by molar-refractivity contribution is -0.130. The van der Waals surface area contributed by atoms with E-state index in [2.05, 4.69) is 0 Å². The molecule has 4 nitrogen and oxygen atoms in total. The second-order valence-electron chi connectivity index (χ2n) is 3.57. The van der Waals surface area contributed by atoms with Crippen molar-refractivity contribution in [1.29, 1.82) is 0 Å². The average molecular weight is 222 g/mol. The standard InChI is InChI=1S/C12H18N2O2/c1-2-14(8-7-13)12(16)9-10-5-3-4-6-11(10)15/h3-6,15H,2,7-9,13H2,1H3. The first-order valence-electron chi connectivity index (χ1n) is 5.43. The fraction of sp³-hybridized carbons (Fsp3) is 0.417. The highest BCUT2D eigenvalue weighted by Gasteiger charge is 2.12. The zero-order chi connectivity index (χ0) is 12.0. The van der Waals surface area contributed by atoms with Gasteiger partial charge in [-0.2, -0.15) is 0 Å². The van der Waals surface area contributed by atoms with Gasteiger partial charge in [0.25, 0.3) is 0 Å². The molecule has 1 aromatic rings. The van der Waals surface area contributed by atoms with E-state index in [1.807, 2.05) is 13.0 Å². The Bertz CT molecular complexity index is 353. The van der Waals surface area contributed by atoms with E-state index in [0.29, 0.717) is 25.2 Å². The molecule has 0 fully saturated rings. The van der Waals surface area contributed by atoms with Gasteiger partial charge in [-0.15, -0.1) is 0 Å². The van der Waals surface area contributed by atoms with E-state index in [9.17, 15) is 9.90 Å². The van der Waals surface area contributed by atoms with Crippen LogP contribution in [0.1, 0.15) is 12.5 Å². The second kappa shape index (κ2) is 6.12. The zero-order valence-electron chi connectivity index (χ0n) is 9.52. The van der Waals surface area contributed by atoms with Crippen LogP contribution in [-0.4, -0.2) is 35.5 Å². The van der Waals surface area contributed by atoms with E-state index in [-0.39, 0.29) is 18.1 Å². The van der Waals surface area contributed by atoms with Crippen LogP contribution in [0.15, 0.2) is 24.3 Å². The molecule has 0 aliphatic carbocycles. The Kier molecular flexibility index (Phi) is 4.79. The van der Waals surface area contributed by atoms with Crippen molar-refractivity contribution in [1.82, 2.24) is 4.90 Å². The first-order valence-corrected chi connectivity index (χ1v) is 5.43. The third-order valence-corrected chi connectivity index (χ3v) is 2.47. The van der Waals surface area contributed by atoms with E-state index < -0.39 is 0 Å². The number of amides is 1. The minimum atomic E-state index is -0.00514. The van der Waals surface area contributed by atoms with E-state index >= 15 is 0 Å². The Balaban J connectivity index is 2.66. The molecular weight excluding hydrogens is 204 g/mol. The molecule has 0 spiro atoms. The predicted molar refractivity (Wildman–Crippen MR) is 63.1 cm³/mol. The number of para-hydroxylation sites is 1. The highest BCUT2D eigenvalue weighted by atomic mass is 16.3. The van der Waals surface area contributed by atoms with Crippen molar-refractivity contribution in [2.75, 3.05) is 19.6 Å². The minimum Gasteiger partial charge on any atom is -0.508 e. The normalized spacial score (nSPS) is 10.1. The molecule has 0 saturated carbocycles. The van der Waals surface area contributed by atoms with E-state index in [0.717, 1.165) is 0 Å². The summed E-state index contributed by atoms with van der Waals surface area (Å²) < 4.78 is 0. The van der Waals surface area contributed by atoms with Crippen LogP contribution in [0.4, 0.5) is 0 Å². The first-order chi connectivity index (χ1) is 7.69. The Morgan fingerprint density at radius 1 is 1.44 bits per heavy atom. The lowest BCUT2D eigenvalue weighted by atomic mass is 10.1. The molecule has 1 aromatic carbocycles. The molecule has 0 aromatic heterocycles. The number of rotatable bonds is 5. The molecule has 0 heterocycles. The first kappa shape index (κ1) is 12.5. The molecule has 4 heteroatoms. The molecule has 0 aliphatic heterocycles. The number of hydrogen-bond donors (Lipinski definition) is 2. The number of carbonyl (C=O) groups excluding carboxylic acids is 1. The Hall–Kier alpha value is -1.55.